The third kappa shape index (κ3) is 3.68. The van der Waals surface area contributed by atoms with Crippen molar-refractivity contribution in [1.29, 1.82) is 0 Å². The van der Waals surface area contributed by atoms with Crippen molar-refractivity contribution in [2.45, 2.75) is 26.8 Å². The fourth-order valence-electron chi connectivity index (χ4n) is 3.27. The molecule has 4 rings (SSSR count). The molecule has 6 heteroatoms. The van der Waals surface area contributed by atoms with Crippen LogP contribution < -0.4 is 5.56 Å². The molecule has 2 aromatic heterocycles. The maximum absolute atomic E-state index is 13.3. The fraction of sp³-hybridized carbons (Fsp3) is 0.261. The quantitative estimate of drug-likeness (QED) is 0.436. The lowest BCUT2D eigenvalue weighted by atomic mass is 10.0. The molecule has 0 amide bonds. The highest BCUT2D eigenvalue weighted by atomic mass is 32.1. The van der Waals surface area contributed by atoms with Gasteiger partial charge in [0.1, 0.15) is 10.9 Å². The Morgan fingerprint density at radius 2 is 1.90 bits per heavy atom. The molecule has 5 nitrogen and oxygen atoms in total. The summed E-state index contributed by atoms with van der Waals surface area (Å²) in [5.74, 6) is -0.190. The molecule has 29 heavy (non-hydrogen) atoms. The van der Waals surface area contributed by atoms with Gasteiger partial charge in [0, 0.05) is 10.9 Å². The van der Waals surface area contributed by atoms with Crippen LogP contribution in [0.15, 0.2) is 59.0 Å². The number of rotatable bonds is 5. The molecular weight excluding hydrogens is 384 g/mol. The highest BCUT2D eigenvalue weighted by molar-refractivity contribution is 7.17. The van der Waals surface area contributed by atoms with E-state index in [-0.39, 0.29) is 11.5 Å². The second-order valence-electron chi connectivity index (χ2n) is 7.55. The number of nitrogens with zero attached hydrogens (tertiary/aromatic N) is 2. The summed E-state index contributed by atoms with van der Waals surface area (Å²) in [6.45, 7) is 5.94. The predicted octanol–water partition coefficient (Wildman–Crippen LogP) is 5.04. The molecule has 0 aliphatic rings. The molecule has 0 aliphatic carbocycles. The molecular formula is C23H22N2O3S. The topological polar surface area (TPSA) is 61.2 Å². The zero-order valence-electron chi connectivity index (χ0n) is 16.6. The van der Waals surface area contributed by atoms with E-state index in [1.54, 1.807) is 6.92 Å². The number of hydrogen-bond donors (Lipinski definition) is 0. The van der Waals surface area contributed by atoms with Crippen LogP contribution in [0.1, 0.15) is 26.8 Å². The van der Waals surface area contributed by atoms with E-state index in [0.29, 0.717) is 16.8 Å². The lowest BCUT2D eigenvalue weighted by molar-refractivity contribution is -0.148. The van der Waals surface area contributed by atoms with Gasteiger partial charge in [0.15, 0.2) is 0 Å². The third-order valence-electron chi connectivity index (χ3n) is 4.90. The van der Waals surface area contributed by atoms with E-state index >= 15 is 0 Å². The number of benzene rings is 2. The van der Waals surface area contributed by atoms with Crippen molar-refractivity contribution in [1.82, 2.24) is 9.55 Å². The fourth-order valence-corrected chi connectivity index (χ4v) is 4.18. The molecule has 0 fully saturated rings. The van der Waals surface area contributed by atoms with Crippen molar-refractivity contribution in [3.63, 3.8) is 0 Å². The number of carbonyl (C=O) groups excluding carboxylic acids is 1. The second kappa shape index (κ2) is 7.79. The average molecular weight is 407 g/mol. The van der Waals surface area contributed by atoms with Gasteiger partial charge in [-0.25, -0.2) is 9.78 Å². The summed E-state index contributed by atoms with van der Waals surface area (Å²) in [5, 5.41) is 4.75. The Morgan fingerprint density at radius 3 is 2.66 bits per heavy atom. The van der Waals surface area contributed by atoms with Gasteiger partial charge in [-0.3, -0.25) is 9.36 Å². The molecule has 148 valence electrons. The van der Waals surface area contributed by atoms with Crippen molar-refractivity contribution in [3.05, 3.63) is 64.5 Å². The lowest BCUT2D eigenvalue weighted by Gasteiger charge is -2.15. The van der Waals surface area contributed by atoms with Crippen LogP contribution >= 0.6 is 11.3 Å². The highest BCUT2D eigenvalue weighted by Gasteiger charge is 2.21. The number of carbonyl (C=O) groups is 1. The number of esters is 1. The van der Waals surface area contributed by atoms with Crippen molar-refractivity contribution in [2.24, 2.45) is 5.92 Å². The summed E-state index contributed by atoms with van der Waals surface area (Å²) in [4.78, 5) is 30.7. The van der Waals surface area contributed by atoms with Crippen LogP contribution in [0.5, 0.6) is 0 Å². The first kappa shape index (κ1) is 19.3. The Morgan fingerprint density at radius 1 is 1.14 bits per heavy atom. The number of ether oxygens (including phenoxy) is 1. The minimum Gasteiger partial charge on any atom is -0.464 e. The van der Waals surface area contributed by atoms with Gasteiger partial charge < -0.3 is 4.74 Å². The van der Waals surface area contributed by atoms with Gasteiger partial charge >= 0.3 is 5.97 Å². The monoisotopic (exact) mass is 406 g/mol. The van der Waals surface area contributed by atoms with E-state index in [0.717, 1.165) is 21.9 Å². The van der Waals surface area contributed by atoms with E-state index < -0.39 is 12.0 Å². The van der Waals surface area contributed by atoms with Crippen LogP contribution in [0.4, 0.5) is 0 Å². The normalized spacial score (nSPS) is 12.6. The van der Waals surface area contributed by atoms with Crippen molar-refractivity contribution in [3.8, 4) is 11.1 Å². The summed E-state index contributed by atoms with van der Waals surface area (Å²) in [5.41, 5.74) is 1.57. The zero-order valence-corrected chi connectivity index (χ0v) is 17.4. The van der Waals surface area contributed by atoms with Crippen LogP contribution in [0.25, 0.3) is 32.1 Å². The summed E-state index contributed by atoms with van der Waals surface area (Å²) in [6.07, 6.45) is 1.44. The van der Waals surface area contributed by atoms with Crippen LogP contribution in [0, 0.1) is 5.92 Å². The van der Waals surface area contributed by atoms with Crippen LogP contribution in [0.2, 0.25) is 0 Å². The van der Waals surface area contributed by atoms with Gasteiger partial charge in [-0.2, -0.15) is 0 Å². The summed E-state index contributed by atoms with van der Waals surface area (Å²) >= 11 is 1.43. The Balaban J connectivity index is 1.78. The molecule has 0 bridgehead atoms. The maximum Gasteiger partial charge on any atom is 0.329 e. The van der Waals surface area contributed by atoms with Crippen LogP contribution in [-0.2, 0) is 9.53 Å². The molecule has 0 saturated carbocycles. The number of hydrogen-bond acceptors (Lipinski definition) is 5. The summed E-state index contributed by atoms with van der Waals surface area (Å²) in [6, 6.07) is 13.5. The van der Waals surface area contributed by atoms with Crippen LogP contribution in [-0.4, -0.2) is 22.1 Å². The van der Waals surface area contributed by atoms with E-state index in [1.165, 1.54) is 22.2 Å². The first-order valence-electron chi connectivity index (χ1n) is 9.60. The smallest absolute Gasteiger partial charge is 0.329 e. The average Bonchev–Trinajstić information content (AvgIpc) is 3.16. The highest BCUT2D eigenvalue weighted by Crippen LogP contribution is 2.32. The number of aromatic nitrogens is 2. The Labute approximate surface area is 172 Å². The van der Waals surface area contributed by atoms with Gasteiger partial charge in [0.05, 0.1) is 18.3 Å². The molecule has 4 aromatic rings. The summed E-state index contributed by atoms with van der Waals surface area (Å²) in [7, 11) is 0. The van der Waals surface area contributed by atoms with Crippen molar-refractivity contribution >= 4 is 38.3 Å². The first-order valence-corrected chi connectivity index (χ1v) is 10.5. The Kier molecular flexibility index (Phi) is 5.20. The molecule has 0 N–H and O–H groups in total. The number of thiophene rings is 1. The standard InChI is InChI=1S/C23H22N2O3S/c1-14(2)11-28-23(27)15(3)25-13-24-21-20(22(25)26)19(12-29-21)18-9-8-16-6-4-5-7-17(16)10-18/h4-10,12-15H,11H2,1-3H3. The zero-order chi connectivity index (χ0) is 20.5. The Bertz CT molecular complexity index is 1260. The summed E-state index contributed by atoms with van der Waals surface area (Å²) < 4.78 is 6.67. The molecule has 2 aromatic carbocycles. The maximum atomic E-state index is 13.3. The lowest BCUT2D eigenvalue weighted by Crippen LogP contribution is -2.30. The third-order valence-corrected chi connectivity index (χ3v) is 5.78. The van der Waals surface area contributed by atoms with E-state index in [4.69, 9.17) is 4.74 Å². The van der Waals surface area contributed by atoms with Gasteiger partial charge in [-0.05, 0) is 35.2 Å². The SMILES string of the molecule is CC(C)COC(=O)C(C)n1cnc2scc(-c3ccc4ccccc4c3)c2c1=O. The number of fused-ring (bicyclic) bond motifs is 2. The van der Waals surface area contributed by atoms with E-state index in [9.17, 15) is 9.59 Å². The molecule has 0 spiro atoms. The van der Waals surface area contributed by atoms with E-state index in [2.05, 4.69) is 29.2 Å². The largest absolute Gasteiger partial charge is 0.464 e. The minimum atomic E-state index is -0.734. The first-order chi connectivity index (χ1) is 14.0. The van der Waals surface area contributed by atoms with Crippen molar-refractivity contribution < 1.29 is 9.53 Å². The predicted molar refractivity (Wildman–Crippen MR) is 117 cm³/mol. The van der Waals surface area contributed by atoms with Gasteiger partial charge in [-0.15, -0.1) is 11.3 Å². The van der Waals surface area contributed by atoms with E-state index in [1.807, 2.05) is 37.4 Å². The Hall–Kier alpha value is -2.99. The minimum absolute atomic E-state index is 0.228. The molecule has 2 heterocycles. The van der Waals surface area contributed by atoms with Gasteiger partial charge in [0.25, 0.3) is 5.56 Å². The molecule has 0 saturated heterocycles. The van der Waals surface area contributed by atoms with Crippen LogP contribution in [0.3, 0.4) is 0 Å². The molecule has 1 unspecified atom stereocenters. The second-order valence-corrected chi connectivity index (χ2v) is 8.41. The molecule has 0 aliphatic heterocycles. The molecule has 1 atom stereocenters. The van der Waals surface area contributed by atoms with Gasteiger partial charge in [0.2, 0.25) is 0 Å². The van der Waals surface area contributed by atoms with Gasteiger partial charge in [-0.1, -0.05) is 50.2 Å². The molecule has 0 radical (unpaired) electrons. The van der Waals surface area contributed by atoms with Crippen molar-refractivity contribution in [2.75, 3.05) is 6.61 Å².